The summed E-state index contributed by atoms with van der Waals surface area (Å²) in [6.45, 7) is 1.75. The topological polar surface area (TPSA) is 97.0 Å². The van der Waals surface area contributed by atoms with Gasteiger partial charge in [-0.05, 0) is 83.1 Å². The number of imide groups is 1. The summed E-state index contributed by atoms with van der Waals surface area (Å²) in [5, 5.41) is 6.10. The molecule has 11 heteroatoms. The van der Waals surface area contributed by atoms with Gasteiger partial charge in [0, 0.05) is 5.69 Å². The van der Waals surface area contributed by atoms with Crippen molar-refractivity contribution in [2.24, 2.45) is 0 Å². The maximum absolute atomic E-state index is 12.9. The van der Waals surface area contributed by atoms with Crippen LogP contribution in [0.1, 0.15) is 16.7 Å². The third-order valence-corrected chi connectivity index (χ3v) is 7.07. The molecule has 4 rings (SSSR count). The molecule has 4 amide bonds. The van der Waals surface area contributed by atoms with Gasteiger partial charge in [0.25, 0.3) is 5.91 Å². The van der Waals surface area contributed by atoms with Gasteiger partial charge in [-0.1, -0.05) is 47.0 Å². The standard InChI is InChI=1S/C27H22Cl2IN3O5/c1-15-3-6-18(7-4-15)31-24(34)13-33-26(35)22(32-27(33)36)11-17-10-21(30)25(23(12-17)37-2)38-14-16-5-8-19(28)20(29)9-16/h3-12H,13-14H2,1-2H3,(H,31,34)(H,32,36)/b22-11+. The van der Waals surface area contributed by atoms with Crippen molar-refractivity contribution >= 4 is 75.4 Å². The Labute approximate surface area is 243 Å². The van der Waals surface area contributed by atoms with E-state index in [1.165, 1.54) is 13.2 Å². The van der Waals surface area contributed by atoms with Crippen molar-refractivity contribution in [1.82, 2.24) is 10.2 Å². The number of hydrogen-bond acceptors (Lipinski definition) is 5. The first-order chi connectivity index (χ1) is 18.1. The van der Waals surface area contributed by atoms with Gasteiger partial charge in [0.2, 0.25) is 5.91 Å². The Kier molecular flexibility index (Phi) is 8.80. The van der Waals surface area contributed by atoms with E-state index >= 15 is 0 Å². The number of carbonyl (C=O) groups excluding carboxylic acids is 3. The summed E-state index contributed by atoms with van der Waals surface area (Å²) in [7, 11) is 1.51. The molecule has 0 radical (unpaired) electrons. The van der Waals surface area contributed by atoms with Gasteiger partial charge in [0.15, 0.2) is 11.5 Å². The van der Waals surface area contributed by atoms with E-state index in [4.69, 9.17) is 32.7 Å². The molecule has 1 heterocycles. The molecule has 1 aliphatic rings. The molecule has 0 unspecified atom stereocenters. The Balaban J connectivity index is 1.46. The van der Waals surface area contributed by atoms with Crippen molar-refractivity contribution in [2.75, 3.05) is 19.0 Å². The fraction of sp³-hybridized carbons (Fsp3) is 0.148. The van der Waals surface area contributed by atoms with Crippen LogP contribution < -0.4 is 20.1 Å². The Morgan fingerprint density at radius 2 is 1.82 bits per heavy atom. The summed E-state index contributed by atoms with van der Waals surface area (Å²) in [4.78, 5) is 38.6. The fourth-order valence-corrected chi connectivity index (χ4v) is 4.71. The summed E-state index contributed by atoms with van der Waals surface area (Å²) in [6, 6.07) is 15.2. The van der Waals surface area contributed by atoms with Gasteiger partial charge in [-0.25, -0.2) is 9.69 Å². The number of ether oxygens (including phenoxy) is 2. The quantitative estimate of drug-likeness (QED) is 0.174. The monoisotopic (exact) mass is 665 g/mol. The molecule has 1 saturated heterocycles. The molecule has 1 aliphatic heterocycles. The predicted octanol–water partition coefficient (Wildman–Crippen LogP) is 6.03. The number of halogens is 3. The molecule has 2 N–H and O–H groups in total. The van der Waals surface area contributed by atoms with Crippen molar-refractivity contribution in [3.63, 3.8) is 0 Å². The van der Waals surface area contributed by atoms with Gasteiger partial charge >= 0.3 is 6.03 Å². The van der Waals surface area contributed by atoms with Crippen molar-refractivity contribution in [2.45, 2.75) is 13.5 Å². The van der Waals surface area contributed by atoms with E-state index in [0.29, 0.717) is 32.8 Å². The number of aryl methyl sites for hydroxylation is 1. The molecule has 3 aromatic carbocycles. The zero-order valence-electron chi connectivity index (χ0n) is 20.3. The lowest BCUT2D eigenvalue weighted by molar-refractivity contribution is -0.127. The summed E-state index contributed by atoms with van der Waals surface area (Å²) >= 11 is 14.2. The fourth-order valence-electron chi connectivity index (χ4n) is 3.61. The van der Waals surface area contributed by atoms with Gasteiger partial charge in [0.1, 0.15) is 18.8 Å². The van der Waals surface area contributed by atoms with Crippen LogP contribution in [0.4, 0.5) is 10.5 Å². The lowest BCUT2D eigenvalue weighted by Crippen LogP contribution is -2.38. The van der Waals surface area contributed by atoms with E-state index in [9.17, 15) is 14.4 Å². The molecule has 0 aliphatic carbocycles. The summed E-state index contributed by atoms with van der Waals surface area (Å²) in [5.41, 5.74) is 3.09. The minimum absolute atomic E-state index is 0.0421. The van der Waals surface area contributed by atoms with Crippen LogP contribution in [0, 0.1) is 10.5 Å². The third kappa shape index (κ3) is 6.58. The van der Waals surface area contributed by atoms with Crippen molar-refractivity contribution in [3.8, 4) is 11.5 Å². The second kappa shape index (κ2) is 12.1. The van der Waals surface area contributed by atoms with Crippen LogP contribution in [0.25, 0.3) is 6.08 Å². The van der Waals surface area contributed by atoms with Gasteiger partial charge in [0.05, 0.1) is 20.7 Å². The van der Waals surface area contributed by atoms with Gasteiger partial charge < -0.3 is 20.1 Å². The highest BCUT2D eigenvalue weighted by Crippen LogP contribution is 2.35. The Hall–Kier alpha value is -3.28. The van der Waals surface area contributed by atoms with Crippen molar-refractivity contribution in [1.29, 1.82) is 0 Å². The zero-order chi connectivity index (χ0) is 27.4. The normalized spacial score (nSPS) is 14.0. The molecule has 1 fully saturated rings. The minimum Gasteiger partial charge on any atom is -0.493 e. The van der Waals surface area contributed by atoms with Crippen molar-refractivity contribution in [3.05, 3.63) is 90.6 Å². The molecule has 196 valence electrons. The van der Waals surface area contributed by atoms with Gasteiger partial charge in [-0.3, -0.25) is 9.59 Å². The average Bonchev–Trinajstić information content (AvgIpc) is 3.13. The highest BCUT2D eigenvalue weighted by atomic mass is 127. The third-order valence-electron chi connectivity index (χ3n) is 5.53. The maximum atomic E-state index is 12.9. The summed E-state index contributed by atoms with van der Waals surface area (Å²) < 4.78 is 12.2. The second-order valence-corrected chi connectivity index (χ2v) is 10.3. The molecule has 0 spiro atoms. The Bertz CT molecular complexity index is 1440. The lowest BCUT2D eigenvalue weighted by Gasteiger charge is -2.14. The number of benzene rings is 3. The molecule has 8 nitrogen and oxygen atoms in total. The number of carbonyl (C=O) groups is 3. The molecule has 0 atom stereocenters. The molecule has 3 aromatic rings. The number of nitrogens with zero attached hydrogens (tertiary/aromatic N) is 1. The molecule has 0 aromatic heterocycles. The summed E-state index contributed by atoms with van der Waals surface area (Å²) in [5.74, 6) is -0.145. The number of rotatable bonds is 8. The van der Waals surface area contributed by atoms with Crippen LogP contribution in [0.2, 0.25) is 10.0 Å². The maximum Gasteiger partial charge on any atom is 0.329 e. The number of urea groups is 1. The van der Waals surface area contributed by atoms with E-state index in [2.05, 4.69) is 33.2 Å². The molecule has 38 heavy (non-hydrogen) atoms. The molecule has 0 saturated carbocycles. The van der Waals surface area contributed by atoms with E-state index in [1.54, 1.807) is 36.4 Å². The van der Waals surface area contributed by atoms with Crippen LogP contribution in [0.3, 0.4) is 0 Å². The first-order valence-corrected chi connectivity index (χ1v) is 13.1. The number of amides is 4. The highest BCUT2D eigenvalue weighted by Gasteiger charge is 2.35. The smallest absolute Gasteiger partial charge is 0.329 e. The van der Waals surface area contributed by atoms with Crippen molar-refractivity contribution < 1.29 is 23.9 Å². The van der Waals surface area contributed by atoms with Crippen LogP contribution in [0.15, 0.2) is 60.3 Å². The SMILES string of the molecule is COc1cc(/C=C2/NC(=O)N(CC(=O)Nc3ccc(C)cc3)C2=O)cc(I)c1OCc1ccc(Cl)c(Cl)c1. The lowest BCUT2D eigenvalue weighted by atomic mass is 10.1. The number of methoxy groups -OCH3 is 1. The van der Waals surface area contributed by atoms with Crippen LogP contribution in [-0.2, 0) is 16.2 Å². The largest absolute Gasteiger partial charge is 0.493 e. The predicted molar refractivity (Wildman–Crippen MR) is 155 cm³/mol. The molecule has 0 bridgehead atoms. The van der Waals surface area contributed by atoms with E-state index in [-0.39, 0.29) is 12.3 Å². The van der Waals surface area contributed by atoms with Crippen LogP contribution in [0.5, 0.6) is 11.5 Å². The number of hydrogen-bond donors (Lipinski definition) is 2. The van der Waals surface area contributed by atoms with E-state index in [1.807, 2.05) is 25.1 Å². The van der Waals surface area contributed by atoms with Gasteiger partial charge in [-0.2, -0.15) is 0 Å². The average molecular weight is 666 g/mol. The minimum atomic E-state index is -0.677. The first kappa shape index (κ1) is 27.7. The van der Waals surface area contributed by atoms with Crippen LogP contribution >= 0.6 is 45.8 Å². The van der Waals surface area contributed by atoms with Crippen LogP contribution in [-0.4, -0.2) is 36.4 Å². The summed E-state index contributed by atoms with van der Waals surface area (Å²) in [6.07, 6.45) is 1.52. The Morgan fingerprint density at radius 1 is 1.08 bits per heavy atom. The van der Waals surface area contributed by atoms with E-state index < -0.39 is 24.4 Å². The van der Waals surface area contributed by atoms with E-state index in [0.717, 1.165) is 19.6 Å². The molecular formula is C27H22Cl2IN3O5. The van der Waals surface area contributed by atoms with Gasteiger partial charge in [-0.15, -0.1) is 0 Å². The highest BCUT2D eigenvalue weighted by molar-refractivity contribution is 14.1. The second-order valence-electron chi connectivity index (χ2n) is 8.36. The number of nitrogens with one attached hydrogen (secondary N) is 2. The zero-order valence-corrected chi connectivity index (χ0v) is 24.0. The molecular weight excluding hydrogens is 644 g/mol. The Morgan fingerprint density at radius 3 is 2.50 bits per heavy atom. The number of anilines is 1. The first-order valence-electron chi connectivity index (χ1n) is 11.3.